The molecule has 1 heterocycles. The van der Waals surface area contributed by atoms with Crippen LogP contribution in [0.1, 0.15) is 20.3 Å². The largest absolute Gasteiger partial charge is 0.332 e. The predicted octanol–water partition coefficient (Wildman–Crippen LogP) is 1.39. The third kappa shape index (κ3) is 2.84. The van der Waals surface area contributed by atoms with E-state index in [-0.39, 0.29) is 6.54 Å². The van der Waals surface area contributed by atoms with Crippen molar-refractivity contribution in [2.45, 2.75) is 26.2 Å². The van der Waals surface area contributed by atoms with E-state index in [1.54, 1.807) is 6.08 Å². The van der Waals surface area contributed by atoms with Crippen LogP contribution in [0.4, 0.5) is 8.78 Å². The zero-order chi connectivity index (χ0) is 11.6. The van der Waals surface area contributed by atoms with E-state index in [1.165, 1.54) is 0 Å². The van der Waals surface area contributed by atoms with E-state index in [2.05, 4.69) is 0 Å². The van der Waals surface area contributed by atoms with E-state index in [1.807, 2.05) is 6.92 Å². The van der Waals surface area contributed by atoms with E-state index in [0.29, 0.717) is 19.9 Å². The highest BCUT2D eigenvalue weighted by Crippen LogP contribution is 2.16. The summed E-state index contributed by atoms with van der Waals surface area (Å²) in [6, 6.07) is 0. The maximum atomic E-state index is 12.6. The van der Waals surface area contributed by atoms with Crippen molar-refractivity contribution in [3.8, 4) is 0 Å². The number of ketones is 1. The van der Waals surface area contributed by atoms with Gasteiger partial charge >= 0.3 is 5.92 Å². The molecule has 0 aromatic carbocycles. The molecule has 0 radical (unpaired) electrons. The van der Waals surface area contributed by atoms with Crippen molar-refractivity contribution in [3.63, 3.8) is 0 Å². The average Bonchev–Trinajstić information content (AvgIpc) is 2.15. The van der Waals surface area contributed by atoms with E-state index >= 15 is 0 Å². The van der Waals surface area contributed by atoms with Crippen LogP contribution in [0.15, 0.2) is 11.6 Å². The highest BCUT2D eigenvalue weighted by molar-refractivity contribution is 6.38. The van der Waals surface area contributed by atoms with Gasteiger partial charge in [-0.05, 0) is 13.3 Å². The van der Waals surface area contributed by atoms with Crippen LogP contribution in [0, 0.1) is 0 Å². The minimum absolute atomic E-state index is 0.243. The van der Waals surface area contributed by atoms with Crippen molar-refractivity contribution in [2.75, 3.05) is 13.1 Å². The summed E-state index contributed by atoms with van der Waals surface area (Å²) in [7, 11) is 0. The summed E-state index contributed by atoms with van der Waals surface area (Å²) in [5, 5.41) is 0. The Morgan fingerprint density at radius 2 is 2.07 bits per heavy atom. The first-order valence-corrected chi connectivity index (χ1v) is 4.69. The fourth-order valence-electron chi connectivity index (χ4n) is 1.29. The summed E-state index contributed by atoms with van der Waals surface area (Å²) < 4.78 is 25.2. The molecule has 0 aromatic rings. The first-order chi connectivity index (χ1) is 6.82. The maximum Gasteiger partial charge on any atom is 0.312 e. The Labute approximate surface area is 86.7 Å². The Hall–Kier alpha value is -1.26. The van der Waals surface area contributed by atoms with Gasteiger partial charge in [0, 0.05) is 20.0 Å². The smallest absolute Gasteiger partial charge is 0.312 e. The van der Waals surface area contributed by atoms with E-state index in [4.69, 9.17) is 0 Å². The second kappa shape index (κ2) is 4.08. The normalized spacial score (nSPS) is 17.3. The quantitative estimate of drug-likeness (QED) is 0.517. The predicted molar refractivity (Wildman–Crippen MR) is 50.6 cm³/mol. The van der Waals surface area contributed by atoms with Gasteiger partial charge in [0.25, 0.3) is 11.7 Å². The van der Waals surface area contributed by atoms with Gasteiger partial charge in [0.05, 0.1) is 0 Å². The molecule has 0 atom stereocenters. The minimum atomic E-state index is -3.58. The monoisotopic (exact) mass is 217 g/mol. The number of amides is 1. The average molecular weight is 217 g/mol. The van der Waals surface area contributed by atoms with Crippen molar-refractivity contribution in [3.05, 3.63) is 11.6 Å². The summed E-state index contributed by atoms with van der Waals surface area (Å²) in [6.45, 7) is 2.92. The Kier molecular flexibility index (Phi) is 3.21. The number of rotatable bonds is 2. The lowest BCUT2D eigenvalue weighted by Gasteiger charge is -2.25. The number of halogens is 2. The molecule has 0 aliphatic carbocycles. The summed E-state index contributed by atoms with van der Waals surface area (Å²) in [4.78, 5) is 23.4. The molecular formula is C10H13F2NO2. The molecule has 0 aromatic heterocycles. The Morgan fingerprint density at radius 3 is 2.47 bits per heavy atom. The number of carbonyl (C=O) groups excluding carboxylic acids is 2. The summed E-state index contributed by atoms with van der Waals surface area (Å²) >= 11 is 0. The molecule has 0 saturated heterocycles. The van der Waals surface area contributed by atoms with Crippen molar-refractivity contribution < 1.29 is 18.4 Å². The van der Waals surface area contributed by atoms with Crippen LogP contribution in [-0.4, -0.2) is 35.6 Å². The fraction of sp³-hybridized carbons (Fsp3) is 0.600. The van der Waals surface area contributed by atoms with Gasteiger partial charge in [0.15, 0.2) is 0 Å². The molecule has 0 fully saturated rings. The Bertz CT molecular complexity index is 318. The molecule has 0 saturated carbocycles. The molecule has 1 aliphatic heterocycles. The van der Waals surface area contributed by atoms with Gasteiger partial charge in [-0.3, -0.25) is 9.59 Å². The van der Waals surface area contributed by atoms with Gasteiger partial charge in [-0.2, -0.15) is 8.78 Å². The first-order valence-electron chi connectivity index (χ1n) is 4.69. The van der Waals surface area contributed by atoms with Crippen LogP contribution in [0.3, 0.4) is 0 Å². The number of Topliss-reactive ketones (excluding diaryl/α,β-unsaturated/α-hetero) is 1. The fourth-order valence-corrected chi connectivity index (χ4v) is 1.29. The third-order valence-corrected chi connectivity index (χ3v) is 2.32. The second-order valence-corrected chi connectivity index (χ2v) is 3.77. The molecule has 15 heavy (non-hydrogen) atoms. The first kappa shape index (κ1) is 11.8. The molecule has 1 amide bonds. The Balaban J connectivity index is 2.67. The number of hydrogen-bond acceptors (Lipinski definition) is 2. The summed E-state index contributed by atoms with van der Waals surface area (Å²) in [5.74, 6) is -6.30. The number of hydrogen-bond donors (Lipinski definition) is 0. The number of nitrogens with zero attached hydrogens (tertiary/aromatic N) is 1. The van der Waals surface area contributed by atoms with E-state index in [9.17, 15) is 18.4 Å². The van der Waals surface area contributed by atoms with Crippen LogP contribution in [0.5, 0.6) is 0 Å². The third-order valence-electron chi connectivity index (χ3n) is 2.32. The van der Waals surface area contributed by atoms with E-state index < -0.39 is 17.6 Å². The molecular weight excluding hydrogens is 204 g/mol. The minimum Gasteiger partial charge on any atom is -0.332 e. The van der Waals surface area contributed by atoms with Crippen LogP contribution >= 0.6 is 0 Å². The molecule has 5 heteroatoms. The molecule has 1 aliphatic rings. The standard InChI is InChI=1S/C10H13F2NO2/c1-7-3-5-13(6-4-7)9(15)8(14)10(2,11)12/h3H,4-6H2,1-2H3. The lowest BCUT2D eigenvalue weighted by Crippen LogP contribution is -2.45. The zero-order valence-corrected chi connectivity index (χ0v) is 8.72. The van der Waals surface area contributed by atoms with Crippen LogP contribution < -0.4 is 0 Å². The van der Waals surface area contributed by atoms with Gasteiger partial charge in [-0.15, -0.1) is 0 Å². The van der Waals surface area contributed by atoms with Crippen LogP contribution in [-0.2, 0) is 9.59 Å². The van der Waals surface area contributed by atoms with Gasteiger partial charge < -0.3 is 4.90 Å². The topological polar surface area (TPSA) is 37.4 Å². The zero-order valence-electron chi connectivity index (χ0n) is 8.72. The van der Waals surface area contributed by atoms with Crippen LogP contribution in [0.2, 0.25) is 0 Å². The molecule has 3 nitrogen and oxygen atoms in total. The highest BCUT2D eigenvalue weighted by atomic mass is 19.3. The SMILES string of the molecule is CC1=CCN(C(=O)C(=O)C(C)(F)F)CC1. The second-order valence-electron chi connectivity index (χ2n) is 3.77. The van der Waals surface area contributed by atoms with Gasteiger partial charge in [0.2, 0.25) is 0 Å². The molecule has 84 valence electrons. The number of alkyl halides is 2. The maximum absolute atomic E-state index is 12.6. The molecule has 0 N–H and O–H groups in total. The van der Waals surface area contributed by atoms with Gasteiger partial charge in [-0.25, -0.2) is 0 Å². The van der Waals surface area contributed by atoms with Gasteiger partial charge in [0.1, 0.15) is 0 Å². The van der Waals surface area contributed by atoms with Crippen molar-refractivity contribution in [1.82, 2.24) is 4.90 Å². The van der Waals surface area contributed by atoms with Gasteiger partial charge in [-0.1, -0.05) is 11.6 Å². The highest BCUT2D eigenvalue weighted by Gasteiger charge is 2.40. The summed E-state index contributed by atoms with van der Waals surface area (Å²) in [6.07, 6.45) is 2.40. The van der Waals surface area contributed by atoms with Crippen LogP contribution in [0.25, 0.3) is 0 Å². The van der Waals surface area contributed by atoms with E-state index in [0.717, 1.165) is 10.5 Å². The van der Waals surface area contributed by atoms with Crippen molar-refractivity contribution >= 4 is 11.7 Å². The molecule has 0 spiro atoms. The van der Waals surface area contributed by atoms with Crippen molar-refractivity contribution in [1.29, 1.82) is 0 Å². The lowest BCUT2D eigenvalue weighted by atomic mass is 10.1. The number of carbonyl (C=O) groups is 2. The van der Waals surface area contributed by atoms with Crippen molar-refractivity contribution in [2.24, 2.45) is 0 Å². The molecule has 0 bridgehead atoms. The molecule has 0 unspecified atom stereocenters. The lowest BCUT2D eigenvalue weighted by molar-refractivity contribution is -0.156. The molecule has 1 rings (SSSR count). The Morgan fingerprint density at radius 1 is 1.47 bits per heavy atom. The summed E-state index contributed by atoms with van der Waals surface area (Å²) in [5.41, 5.74) is 1.11.